The number of likely N-dealkylation sites (tertiary alicyclic amines) is 1. The zero-order chi connectivity index (χ0) is 27.9. The molecule has 218 valence electrons. The van der Waals surface area contributed by atoms with Crippen molar-refractivity contribution in [1.82, 2.24) is 4.90 Å². The van der Waals surface area contributed by atoms with Crippen molar-refractivity contribution in [1.29, 1.82) is 0 Å². The van der Waals surface area contributed by atoms with Crippen LogP contribution in [0.2, 0.25) is 0 Å². The molecule has 4 unspecified atom stereocenters. The molecule has 0 saturated carbocycles. The Hall–Kier alpha value is -0.980. The smallest absolute Gasteiger partial charge is 0.282 e. The lowest BCUT2D eigenvalue weighted by Gasteiger charge is -2.39. The van der Waals surface area contributed by atoms with Gasteiger partial charge in [0.15, 0.2) is 0 Å². The van der Waals surface area contributed by atoms with Crippen molar-refractivity contribution in [2.75, 3.05) is 26.4 Å². The molecule has 1 fully saturated rings. The summed E-state index contributed by atoms with van der Waals surface area (Å²) >= 11 is 0. The molecule has 0 aromatic rings. The summed E-state index contributed by atoms with van der Waals surface area (Å²) in [6, 6.07) is 0. The minimum atomic E-state index is -1.11. The first-order chi connectivity index (χ1) is 17.6. The van der Waals surface area contributed by atoms with Gasteiger partial charge in [-0.05, 0) is 57.3 Å². The molecule has 0 aromatic heterocycles. The quantitative estimate of drug-likeness (QED) is 0.0822. The number of carbonyl (C=O) groups is 2. The fourth-order valence-electron chi connectivity index (χ4n) is 6.38. The molecular formula is C31H59NO5. The average molecular weight is 526 g/mol. The van der Waals surface area contributed by atoms with Crippen LogP contribution in [0.4, 0.5) is 0 Å². The molecule has 0 aromatic carbocycles. The summed E-state index contributed by atoms with van der Waals surface area (Å²) in [6.07, 6.45) is 11.9. The fourth-order valence-corrected chi connectivity index (χ4v) is 6.38. The summed E-state index contributed by atoms with van der Waals surface area (Å²) in [4.78, 5) is 28.4. The molecule has 6 nitrogen and oxygen atoms in total. The van der Waals surface area contributed by atoms with Crippen LogP contribution in [-0.2, 0) is 23.8 Å². The number of ether oxygens (including phenoxy) is 3. The number of imide groups is 1. The van der Waals surface area contributed by atoms with Crippen LogP contribution >= 0.6 is 0 Å². The molecule has 4 atom stereocenters. The lowest BCUT2D eigenvalue weighted by atomic mass is 9.65. The van der Waals surface area contributed by atoms with E-state index >= 15 is 0 Å². The maximum Gasteiger partial charge on any atom is 0.282 e. The molecule has 0 radical (unpaired) electrons. The number of amides is 2. The van der Waals surface area contributed by atoms with Crippen molar-refractivity contribution in [2.45, 2.75) is 138 Å². The summed E-state index contributed by atoms with van der Waals surface area (Å²) in [5, 5.41) is 0. The maximum atomic E-state index is 13.7. The number of rotatable bonds is 22. The highest BCUT2D eigenvalue weighted by Crippen LogP contribution is 2.47. The molecule has 1 saturated heterocycles. The Morgan fingerprint density at radius 1 is 0.811 bits per heavy atom. The van der Waals surface area contributed by atoms with Gasteiger partial charge in [0.2, 0.25) is 11.8 Å². The van der Waals surface area contributed by atoms with Crippen molar-refractivity contribution in [3.63, 3.8) is 0 Å². The number of hydrogen-bond donors (Lipinski definition) is 0. The SMILES string of the molecule is CCCCCC(C)CC(C)(CC(C)CCCC)C1CC(=O)N(CCCC(OCC)(OCC)OCC)C1=O. The third-order valence-corrected chi connectivity index (χ3v) is 8.02. The van der Waals surface area contributed by atoms with E-state index in [2.05, 4.69) is 34.6 Å². The van der Waals surface area contributed by atoms with E-state index in [-0.39, 0.29) is 23.1 Å². The van der Waals surface area contributed by atoms with Gasteiger partial charge in [-0.15, -0.1) is 0 Å². The van der Waals surface area contributed by atoms with Crippen molar-refractivity contribution in [3.8, 4) is 0 Å². The van der Waals surface area contributed by atoms with Crippen LogP contribution in [0.1, 0.15) is 132 Å². The van der Waals surface area contributed by atoms with Crippen LogP contribution < -0.4 is 0 Å². The molecular weight excluding hydrogens is 466 g/mol. The van der Waals surface area contributed by atoms with E-state index in [1.807, 2.05) is 20.8 Å². The number of unbranched alkanes of at least 4 members (excludes halogenated alkanes) is 3. The Morgan fingerprint density at radius 2 is 1.32 bits per heavy atom. The molecule has 1 aliphatic rings. The molecule has 0 bridgehead atoms. The molecule has 37 heavy (non-hydrogen) atoms. The summed E-state index contributed by atoms with van der Waals surface area (Å²) in [6.45, 7) is 18.9. The molecule has 0 spiro atoms. The fraction of sp³-hybridized carbons (Fsp3) is 0.935. The first-order valence-electron chi connectivity index (χ1n) is 15.4. The van der Waals surface area contributed by atoms with Crippen LogP contribution in [0.15, 0.2) is 0 Å². The maximum absolute atomic E-state index is 13.7. The van der Waals surface area contributed by atoms with Crippen molar-refractivity contribution >= 4 is 11.8 Å². The van der Waals surface area contributed by atoms with Crippen LogP contribution in [-0.4, -0.2) is 49.1 Å². The van der Waals surface area contributed by atoms with Gasteiger partial charge in [-0.1, -0.05) is 79.6 Å². The highest BCUT2D eigenvalue weighted by molar-refractivity contribution is 6.03. The van der Waals surface area contributed by atoms with E-state index in [1.165, 1.54) is 49.8 Å². The van der Waals surface area contributed by atoms with Gasteiger partial charge < -0.3 is 14.2 Å². The second kappa shape index (κ2) is 17.6. The first kappa shape index (κ1) is 34.0. The second-order valence-electron chi connectivity index (χ2n) is 11.6. The predicted octanol–water partition coefficient (Wildman–Crippen LogP) is 7.73. The number of hydrogen-bond acceptors (Lipinski definition) is 5. The zero-order valence-corrected chi connectivity index (χ0v) is 25.5. The van der Waals surface area contributed by atoms with Crippen LogP contribution in [0, 0.1) is 23.2 Å². The van der Waals surface area contributed by atoms with Crippen molar-refractivity contribution in [3.05, 3.63) is 0 Å². The Labute approximate surface area is 228 Å². The Bertz CT molecular complexity index is 636. The van der Waals surface area contributed by atoms with Gasteiger partial charge in [-0.3, -0.25) is 14.5 Å². The lowest BCUT2D eigenvalue weighted by Crippen LogP contribution is -2.41. The minimum absolute atomic E-state index is 0.0192. The molecule has 0 N–H and O–H groups in total. The Kier molecular flexibility index (Phi) is 16.2. The largest absolute Gasteiger partial charge is 0.328 e. The van der Waals surface area contributed by atoms with Crippen LogP contribution in [0.3, 0.4) is 0 Å². The monoisotopic (exact) mass is 525 g/mol. The third kappa shape index (κ3) is 11.0. The third-order valence-electron chi connectivity index (χ3n) is 8.02. The molecule has 0 aliphatic carbocycles. The van der Waals surface area contributed by atoms with Gasteiger partial charge in [0.25, 0.3) is 5.97 Å². The number of carbonyl (C=O) groups excluding carboxylic acids is 2. The summed E-state index contributed by atoms with van der Waals surface area (Å²) in [5.41, 5.74) is -0.161. The van der Waals surface area contributed by atoms with E-state index in [9.17, 15) is 9.59 Å². The average Bonchev–Trinajstić information content (AvgIpc) is 3.12. The summed E-state index contributed by atoms with van der Waals surface area (Å²) in [5.74, 6) is -0.250. The Balaban J connectivity index is 2.97. The van der Waals surface area contributed by atoms with E-state index in [0.29, 0.717) is 57.5 Å². The highest BCUT2D eigenvalue weighted by atomic mass is 16.9. The highest BCUT2D eigenvalue weighted by Gasteiger charge is 2.49. The van der Waals surface area contributed by atoms with Gasteiger partial charge in [0, 0.05) is 39.2 Å². The van der Waals surface area contributed by atoms with Gasteiger partial charge in [0.1, 0.15) is 0 Å². The van der Waals surface area contributed by atoms with Gasteiger partial charge in [-0.2, -0.15) is 0 Å². The Morgan fingerprint density at radius 3 is 1.81 bits per heavy atom. The second-order valence-corrected chi connectivity index (χ2v) is 11.6. The van der Waals surface area contributed by atoms with E-state index in [0.717, 1.165) is 12.8 Å². The van der Waals surface area contributed by atoms with Crippen LogP contribution in [0.25, 0.3) is 0 Å². The van der Waals surface area contributed by atoms with E-state index < -0.39 is 5.97 Å². The molecule has 1 aliphatic heterocycles. The topological polar surface area (TPSA) is 65.1 Å². The number of nitrogens with zero attached hydrogens (tertiary/aromatic N) is 1. The van der Waals surface area contributed by atoms with Crippen LogP contribution in [0.5, 0.6) is 0 Å². The first-order valence-corrected chi connectivity index (χ1v) is 15.4. The van der Waals surface area contributed by atoms with E-state index in [1.54, 1.807) is 0 Å². The van der Waals surface area contributed by atoms with Gasteiger partial charge in [0.05, 0.1) is 5.92 Å². The standard InChI is InChI=1S/C31H59NO5/c1-9-14-16-19-26(7)24-30(8,23-25(6)18-15-10-2)27-22-28(33)32(29(27)34)21-17-20-31(35-11-3,36-12-4)37-13-5/h25-27H,9-24H2,1-8H3. The molecule has 1 heterocycles. The van der Waals surface area contributed by atoms with Gasteiger partial charge in [-0.25, -0.2) is 0 Å². The van der Waals surface area contributed by atoms with Crippen molar-refractivity contribution in [2.24, 2.45) is 23.2 Å². The van der Waals surface area contributed by atoms with Gasteiger partial charge >= 0.3 is 0 Å². The summed E-state index contributed by atoms with van der Waals surface area (Å²) in [7, 11) is 0. The lowest BCUT2D eigenvalue weighted by molar-refractivity contribution is -0.380. The predicted molar refractivity (Wildman–Crippen MR) is 151 cm³/mol. The molecule has 6 heteroatoms. The van der Waals surface area contributed by atoms with E-state index in [4.69, 9.17) is 14.2 Å². The minimum Gasteiger partial charge on any atom is -0.328 e. The molecule has 2 amide bonds. The van der Waals surface area contributed by atoms with Crippen molar-refractivity contribution < 1.29 is 23.8 Å². The zero-order valence-electron chi connectivity index (χ0n) is 25.5. The normalized spacial score (nSPS) is 19.9. The molecule has 1 rings (SSSR count). The summed E-state index contributed by atoms with van der Waals surface area (Å²) < 4.78 is 17.5.